The van der Waals surface area contributed by atoms with E-state index in [0.29, 0.717) is 22.3 Å². The highest BCUT2D eigenvalue weighted by molar-refractivity contribution is 6.12. The van der Waals surface area contributed by atoms with Crippen molar-refractivity contribution in [2.75, 3.05) is 14.2 Å². The molecule has 0 spiro atoms. The van der Waals surface area contributed by atoms with E-state index >= 15 is 0 Å². The minimum Gasteiger partial charge on any atom is -0.496 e. The Morgan fingerprint density at radius 2 is 0.932 bits per heavy atom. The molecule has 0 radical (unpaired) electrons. The van der Waals surface area contributed by atoms with E-state index in [1.807, 2.05) is 0 Å². The minimum absolute atomic E-state index is 0.00879. The van der Waals surface area contributed by atoms with E-state index < -0.39 is 36.7 Å². The topological polar surface area (TPSA) is 146 Å². The van der Waals surface area contributed by atoms with E-state index in [1.165, 1.54) is 38.5 Å². The molecule has 0 amide bonds. The normalized spacial score (nSPS) is 10.7. The number of carbonyl (C=O) groups excluding carboxylic acids is 4. The average molecular weight is 597 g/mol. The number of ether oxygens (including phenoxy) is 4. The van der Waals surface area contributed by atoms with E-state index in [-0.39, 0.29) is 34.1 Å². The van der Waals surface area contributed by atoms with Gasteiger partial charge in [0.05, 0.1) is 38.6 Å². The summed E-state index contributed by atoms with van der Waals surface area (Å²) < 4.78 is 21.3. The van der Waals surface area contributed by atoms with Crippen LogP contribution in [0.25, 0.3) is 0 Å². The second kappa shape index (κ2) is 14.5. The van der Waals surface area contributed by atoms with E-state index in [4.69, 9.17) is 18.9 Å². The van der Waals surface area contributed by atoms with Gasteiger partial charge in [0, 0.05) is 46.5 Å². The number of rotatable bonds is 12. The summed E-state index contributed by atoms with van der Waals surface area (Å²) in [6.07, 6.45) is 1.59. The molecule has 0 saturated heterocycles. The molecule has 224 valence electrons. The Labute approximate surface area is 252 Å². The van der Waals surface area contributed by atoms with Crippen molar-refractivity contribution in [3.63, 3.8) is 0 Å². The quantitative estimate of drug-likeness (QED) is 0.106. The summed E-state index contributed by atoms with van der Waals surface area (Å²) in [6.45, 7) is -0.867. The van der Waals surface area contributed by atoms with Crippen LogP contribution < -0.4 is 18.9 Å². The number of ketones is 2. The summed E-state index contributed by atoms with van der Waals surface area (Å²) in [4.78, 5) is 51.9. The zero-order valence-corrected chi connectivity index (χ0v) is 23.8. The summed E-state index contributed by atoms with van der Waals surface area (Å²) >= 11 is 0. The molecule has 4 aromatic rings. The first kappa shape index (κ1) is 31.4. The van der Waals surface area contributed by atoms with Crippen molar-refractivity contribution >= 4 is 23.5 Å². The lowest BCUT2D eigenvalue weighted by molar-refractivity contribution is -0.131. The van der Waals surface area contributed by atoms with Crippen LogP contribution in [0.15, 0.2) is 97.1 Å². The van der Waals surface area contributed by atoms with Gasteiger partial charge in [0.15, 0.2) is 11.6 Å². The Hall–Kier alpha value is -5.58. The van der Waals surface area contributed by atoms with Crippen molar-refractivity contribution in [1.82, 2.24) is 0 Å². The smallest absolute Gasteiger partial charge is 0.336 e. The lowest BCUT2D eigenvalue weighted by Crippen LogP contribution is -2.13. The maximum absolute atomic E-state index is 13.2. The molecule has 0 unspecified atom stereocenters. The fourth-order valence-corrected chi connectivity index (χ4v) is 4.27. The van der Waals surface area contributed by atoms with E-state index in [2.05, 4.69) is 0 Å². The van der Waals surface area contributed by atoms with Crippen LogP contribution >= 0.6 is 0 Å². The lowest BCUT2D eigenvalue weighted by Gasteiger charge is -2.14. The third-order valence-corrected chi connectivity index (χ3v) is 6.44. The van der Waals surface area contributed by atoms with E-state index in [0.717, 1.165) is 12.2 Å². The van der Waals surface area contributed by atoms with Gasteiger partial charge in [-0.05, 0) is 12.1 Å². The van der Waals surface area contributed by atoms with Gasteiger partial charge in [-0.1, -0.05) is 60.7 Å². The van der Waals surface area contributed by atoms with Crippen LogP contribution in [-0.4, -0.2) is 47.9 Å². The Kier molecular flexibility index (Phi) is 10.4. The number of benzene rings is 4. The van der Waals surface area contributed by atoms with Crippen molar-refractivity contribution < 1.29 is 48.3 Å². The van der Waals surface area contributed by atoms with Gasteiger partial charge in [-0.25, -0.2) is 9.59 Å². The highest BCUT2D eigenvalue weighted by atomic mass is 16.5. The Balaban J connectivity index is 1.59. The molecule has 10 nitrogen and oxygen atoms in total. The summed E-state index contributed by atoms with van der Waals surface area (Å²) in [5.41, 5.74) is 1.22. The van der Waals surface area contributed by atoms with Crippen LogP contribution in [-0.2, 0) is 22.8 Å². The number of aliphatic hydroxyl groups is 2. The molecule has 0 atom stereocenters. The van der Waals surface area contributed by atoms with E-state index in [1.54, 1.807) is 60.7 Å². The lowest BCUT2D eigenvalue weighted by atomic mass is 9.99. The van der Waals surface area contributed by atoms with Gasteiger partial charge in [0.2, 0.25) is 0 Å². The number of hydrogen-bond donors (Lipinski definition) is 2. The number of esters is 2. The Morgan fingerprint density at radius 3 is 1.25 bits per heavy atom. The zero-order chi connectivity index (χ0) is 31.6. The van der Waals surface area contributed by atoms with Crippen molar-refractivity contribution in [2.45, 2.75) is 13.2 Å². The summed E-state index contributed by atoms with van der Waals surface area (Å²) in [5, 5.41) is 19.5. The fourth-order valence-electron chi connectivity index (χ4n) is 4.27. The first-order chi connectivity index (χ1) is 21.3. The van der Waals surface area contributed by atoms with Crippen molar-refractivity contribution in [3.8, 4) is 23.0 Å². The molecular weight excluding hydrogens is 568 g/mol. The maximum atomic E-state index is 13.2. The molecule has 0 fully saturated rings. The number of aliphatic hydroxyl groups excluding tert-OH is 2. The molecule has 44 heavy (non-hydrogen) atoms. The van der Waals surface area contributed by atoms with Crippen LogP contribution in [0.5, 0.6) is 23.0 Å². The maximum Gasteiger partial charge on any atom is 0.336 e. The van der Waals surface area contributed by atoms with Crippen LogP contribution in [0.2, 0.25) is 0 Å². The van der Waals surface area contributed by atoms with Gasteiger partial charge in [-0.3, -0.25) is 9.59 Å². The first-order valence-corrected chi connectivity index (χ1v) is 13.2. The zero-order valence-electron chi connectivity index (χ0n) is 23.8. The van der Waals surface area contributed by atoms with Gasteiger partial charge in [-0.2, -0.15) is 0 Å². The summed E-state index contributed by atoms with van der Waals surface area (Å²) in [5.74, 6) is -2.92. The average Bonchev–Trinajstić information content (AvgIpc) is 3.07. The van der Waals surface area contributed by atoms with Crippen LogP contribution in [0.1, 0.15) is 43.0 Å². The molecule has 0 bridgehead atoms. The molecule has 0 heterocycles. The summed E-state index contributed by atoms with van der Waals surface area (Å²) in [7, 11) is 2.71. The number of methoxy groups -OCH3 is 2. The molecule has 0 aliphatic carbocycles. The Bertz CT molecular complexity index is 1580. The highest BCUT2D eigenvalue weighted by Crippen LogP contribution is 2.33. The van der Waals surface area contributed by atoms with Gasteiger partial charge < -0.3 is 29.2 Å². The van der Waals surface area contributed by atoms with Gasteiger partial charge in [-0.15, -0.1) is 0 Å². The molecule has 0 aliphatic heterocycles. The standard InChI is InChI=1S/C34H28O10/c1-41-27-17-29(25(15-23(27)19-35)33(39)21-9-5-3-6-10-21)43-31(37)13-14-32(38)44-30-18-28(42-2)24(20-36)16-26(30)34(40)22-11-7-4-8-12-22/h3-18,35-36H,19-20H2,1-2H3/b14-13-. The van der Waals surface area contributed by atoms with Crippen molar-refractivity contribution in [3.05, 3.63) is 130 Å². The number of carbonyl (C=O) groups is 4. The van der Waals surface area contributed by atoms with Crippen LogP contribution in [0.3, 0.4) is 0 Å². The molecule has 0 saturated carbocycles. The molecular formula is C34H28O10. The SMILES string of the molecule is COc1cc(OC(=O)/C=C\C(=O)Oc2cc(OC)c(CO)cc2C(=O)c2ccccc2)c(C(=O)c2ccccc2)cc1CO. The predicted molar refractivity (Wildman–Crippen MR) is 158 cm³/mol. The second-order valence-corrected chi connectivity index (χ2v) is 9.20. The monoisotopic (exact) mass is 596 g/mol. The Morgan fingerprint density at radius 1 is 0.568 bits per heavy atom. The number of hydrogen-bond acceptors (Lipinski definition) is 10. The van der Waals surface area contributed by atoms with Crippen LogP contribution in [0, 0.1) is 0 Å². The molecule has 4 rings (SSSR count). The summed E-state index contributed by atoms with van der Waals surface area (Å²) in [6, 6.07) is 21.9. The van der Waals surface area contributed by atoms with Crippen molar-refractivity contribution in [2.24, 2.45) is 0 Å². The van der Waals surface area contributed by atoms with Crippen molar-refractivity contribution in [1.29, 1.82) is 0 Å². The van der Waals surface area contributed by atoms with Gasteiger partial charge >= 0.3 is 11.9 Å². The first-order valence-electron chi connectivity index (χ1n) is 13.2. The van der Waals surface area contributed by atoms with E-state index in [9.17, 15) is 29.4 Å². The largest absolute Gasteiger partial charge is 0.496 e. The second-order valence-electron chi connectivity index (χ2n) is 9.20. The van der Waals surface area contributed by atoms with Gasteiger partial charge in [0.25, 0.3) is 0 Å². The van der Waals surface area contributed by atoms with Crippen LogP contribution in [0.4, 0.5) is 0 Å². The van der Waals surface area contributed by atoms with Gasteiger partial charge in [0.1, 0.15) is 23.0 Å². The molecule has 2 N–H and O–H groups in total. The fraction of sp³-hybridized carbons (Fsp3) is 0.118. The third kappa shape index (κ3) is 7.24. The highest BCUT2D eigenvalue weighted by Gasteiger charge is 2.22. The third-order valence-electron chi connectivity index (χ3n) is 6.44. The minimum atomic E-state index is -1.02. The molecule has 0 aromatic heterocycles. The predicted octanol–water partition coefficient (Wildman–Crippen LogP) is 4.22. The molecule has 0 aliphatic rings. The molecule has 4 aromatic carbocycles. The molecule has 10 heteroatoms.